The first-order chi connectivity index (χ1) is 10.0. The quantitative estimate of drug-likeness (QED) is 0.864. The maximum absolute atomic E-state index is 12.1. The lowest BCUT2D eigenvalue weighted by molar-refractivity contribution is -0.141. The Balaban J connectivity index is 2.34. The van der Waals surface area contributed by atoms with Gasteiger partial charge in [-0.05, 0) is 44.0 Å². The van der Waals surface area contributed by atoms with Crippen molar-refractivity contribution in [2.24, 2.45) is 0 Å². The van der Waals surface area contributed by atoms with Gasteiger partial charge >= 0.3 is 5.97 Å². The molecule has 0 aliphatic heterocycles. The predicted molar refractivity (Wildman–Crippen MR) is 85.5 cm³/mol. The Kier molecular flexibility index (Phi) is 4.63. The topological polar surface area (TPSA) is 38.3 Å². The molecule has 0 saturated carbocycles. The van der Waals surface area contributed by atoms with Gasteiger partial charge in [-0.25, -0.2) is 4.79 Å². The number of anilines is 1. The normalized spacial score (nSPS) is 11.8. The highest BCUT2D eigenvalue weighted by Crippen LogP contribution is 2.24. The summed E-state index contributed by atoms with van der Waals surface area (Å²) < 4.78 is 4.95. The van der Waals surface area contributed by atoms with Crippen molar-refractivity contribution in [3.05, 3.63) is 64.7 Å². The molecule has 0 aliphatic rings. The van der Waals surface area contributed by atoms with Gasteiger partial charge in [-0.2, -0.15) is 0 Å². The van der Waals surface area contributed by atoms with Crippen molar-refractivity contribution in [3.8, 4) is 0 Å². The van der Waals surface area contributed by atoms with E-state index in [1.54, 1.807) is 0 Å². The van der Waals surface area contributed by atoms with E-state index < -0.39 is 6.04 Å². The van der Waals surface area contributed by atoms with Crippen LogP contribution in [0.4, 0.5) is 5.69 Å². The fraction of sp³-hybridized carbons (Fsp3) is 0.278. The maximum atomic E-state index is 12.1. The molecule has 0 spiro atoms. The van der Waals surface area contributed by atoms with E-state index in [9.17, 15) is 4.79 Å². The number of hydrogen-bond donors (Lipinski definition) is 1. The molecule has 0 aromatic heterocycles. The molecule has 0 saturated heterocycles. The van der Waals surface area contributed by atoms with Crippen molar-refractivity contribution in [2.75, 3.05) is 12.4 Å². The minimum Gasteiger partial charge on any atom is -0.467 e. The van der Waals surface area contributed by atoms with Crippen LogP contribution < -0.4 is 5.32 Å². The van der Waals surface area contributed by atoms with Gasteiger partial charge in [-0.15, -0.1) is 0 Å². The van der Waals surface area contributed by atoms with E-state index in [4.69, 9.17) is 4.74 Å². The third-order valence-corrected chi connectivity index (χ3v) is 3.54. The summed E-state index contributed by atoms with van der Waals surface area (Å²) in [5, 5.41) is 3.26. The van der Waals surface area contributed by atoms with Gasteiger partial charge in [0.15, 0.2) is 6.04 Å². The second kappa shape index (κ2) is 6.44. The van der Waals surface area contributed by atoms with Crippen molar-refractivity contribution < 1.29 is 9.53 Å². The van der Waals surface area contributed by atoms with Crippen molar-refractivity contribution >= 4 is 11.7 Å². The average Bonchev–Trinajstić information content (AvgIpc) is 2.47. The van der Waals surface area contributed by atoms with Crippen LogP contribution in [0.25, 0.3) is 0 Å². The number of carbonyl (C=O) groups is 1. The minimum absolute atomic E-state index is 0.289. The van der Waals surface area contributed by atoms with Crippen LogP contribution in [0.15, 0.2) is 42.5 Å². The first kappa shape index (κ1) is 15.1. The molecule has 3 heteroatoms. The van der Waals surface area contributed by atoms with Gasteiger partial charge < -0.3 is 10.1 Å². The number of methoxy groups -OCH3 is 1. The number of rotatable bonds is 4. The van der Waals surface area contributed by atoms with Crippen molar-refractivity contribution in [3.63, 3.8) is 0 Å². The lowest BCUT2D eigenvalue weighted by Gasteiger charge is -2.20. The number of esters is 1. The summed E-state index contributed by atoms with van der Waals surface area (Å²) >= 11 is 0. The highest BCUT2D eigenvalue weighted by atomic mass is 16.5. The Morgan fingerprint density at radius 2 is 1.62 bits per heavy atom. The summed E-state index contributed by atoms with van der Waals surface area (Å²) in [7, 11) is 1.41. The third kappa shape index (κ3) is 3.63. The number of hydrogen-bond acceptors (Lipinski definition) is 3. The van der Waals surface area contributed by atoms with Crippen LogP contribution >= 0.6 is 0 Å². The molecular weight excluding hydrogens is 262 g/mol. The van der Waals surface area contributed by atoms with Crippen molar-refractivity contribution in [2.45, 2.75) is 26.8 Å². The summed E-state index contributed by atoms with van der Waals surface area (Å²) in [6, 6.07) is 13.5. The van der Waals surface area contributed by atoms with E-state index in [-0.39, 0.29) is 5.97 Å². The Morgan fingerprint density at radius 1 is 1.00 bits per heavy atom. The Morgan fingerprint density at radius 3 is 2.19 bits per heavy atom. The highest BCUT2D eigenvalue weighted by Gasteiger charge is 2.22. The monoisotopic (exact) mass is 283 g/mol. The summed E-state index contributed by atoms with van der Waals surface area (Å²) in [4.78, 5) is 12.1. The summed E-state index contributed by atoms with van der Waals surface area (Å²) in [6.07, 6.45) is 0. The minimum atomic E-state index is -0.502. The number of benzene rings is 2. The van der Waals surface area contributed by atoms with Crippen molar-refractivity contribution in [1.82, 2.24) is 0 Å². The smallest absolute Gasteiger partial charge is 0.332 e. The predicted octanol–water partition coefficient (Wildman–Crippen LogP) is 3.94. The van der Waals surface area contributed by atoms with Gasteiger partial charge in [-0.3, -0.25) is 0 Å². The van der Waals surface area contributed by atoms with Gasteiger partial charge in [0.05, 0.1) is 7.11 Å². The molecule has 1 N–H and O–H groups in total. The maximum Gasteiger partial charge on any atom is 0.332 e. The molecule has 1 atom stereocenters. The lowest BCUT2D eigenvalue weighted by atomic mass is 9.99. The number of ether oxygens (including phenoxy) is 1. The van der Waals surface area contributed by atoms with Gasteiger partial charge in [0.1, 0.15) is 0 Å². The zero-order valence-corrected chi connectivity index (χ0v) is 12.9. The van der Waals surface area contributed by atoms with E-state index in [2.05, 4.69) is 11.4 Å². The van der Waals surface area contributed by atoms with E-state index >= 15 is 0 Å². The average molecular weight is 283 g/mol. The molecule has 21 heavy (non-hydrogen) atoms. The highest BCUT2D eigenvalue weighted by molar-refractivity contribution is 5.81. The molecule has 1 unspecified atom stereocenters. The van der Waals surface area contributed by atoms with Crippen LogP contribution in [-0.4, -0.2) is 13.1 Å². The molecule has 3 nitrogen and oxygen atoms in total. The Hall–Kier alpha value is -2.29. The lowest BCUT2D eigenvalue weighted by Crippen LogP contribution is -2.23. The molecule has 0 bridgehead atoms. The molecule has 0 amide bonds. The van der Waals surface area contributed by atoms with Crippen LogP contribution in [0.2, 0.25) is 0 Å². The van der Waals surface area contributed by atoms with Crippen LogP contribution in [0.5, 0.6) is 0 Å². The van der Waals surface area contributed by atoms with Crippen LogP contribution in [-0.2, 0) is 9.53 Å². The molecular formula is C18H21NO2. The number of nitrogens with one attached hydrogen (secondary N) is 1. The van der Waals surface area contributed by atoms with Gasteiger partial charge in [0.25, 0.3) is 0 Å². The summed E-state index contributed by atoms with van der Waals surface area (Å²) in [5.74, 6) is -0.289. The molecule has 2 rings (SSSR count). The fourth-order valence-corrected chi connectivity index (χ4v) is 2.35. The zero-order valence-electron chi connectivity index (χ0n) is 12.9. The molecule has 0 fully saturated rings. The Bertz CT molecular complexity index is 632. The molecule has 2 aromatic rings. The van der Waals surface area contributed by atoms with Gasteiger partial charge in [-0.1, -0.05) is 41.5 Å². The molecule has 110 valence electrons. The van der Waals surface area contributed by atoms with E-state index in [1.165, 1.54) is 18.2 Å². The SMILES string of the molecule is COC(=O)C(Nc1ccc(C)cc1)c1ccc(C)cc1C. The van der Waals surface area contributed by atoms with Gasteiger partial charge in [0, 0.05) is 5.69 Å². The number of carbonyl (C=O) groups excluding carboxylic acids is 1. The van der Waals surface area contributed by atoms with Crippen LogP contribution in [0.1, 0.15) is 28.3 Å². The molecule has 2 aromatic carbocycles. The zero-order chi connectivity index (χ0) is 15.4. The van der Waals surface area contributed by atoms with Crippen molar-refractivity contribution in [1.29, 1.82) is 0 Å². The largest absolute Gasteiger partial charge is 0.467 e. The number of aryl methyl sites for hydroxylation is 3. The molecule has 0 aliphatic carbocycles. The second-order valence-corrected chi connectivity index (χ2v) is 5.33. The summed E-state index contributed by atoms with van der Waals surface area (Å²) in [6.45, 7) is 6.08. The van der Waals surface area contributed by atoms with E-state index in [1.807, 2.05) is 57.2 Å². The fourth-order valence-electron chi connectivity index (χ4n) is 2.35. The van der Waals surface area contributed by atoms with Gasteiger partial charge in [0.2, 0.25) is 0 Å². The molecule has 0 radical (unpaired) electrons. The molecule has 0 heterocycles. The van der Waals surface area contributed by atoms with E-state index in [0.717, 1.165) is 16.8 Å². The van der Waals surface area contributed by atoms with Crippen LogP contribution in [0, 0.1) is 20.8 Å². The first-order valence-electron chi connectivity index (χ1n) is 6.99. The standard InChI is InChI=1S/C18H21NO2/c1-12-5-8-15(9-6-12)19-17(18(20)21-4)16-10-7-13(2)11-14(16)3/h5-11,17,19H,1-4H3. The van der Waals surface area contributed by atoms with Crippen LogP contribution in [0.3, 0.4) is 0 Å². The first-order valence-corrected chi connectivity index (χ1v) is 6.99. The Labute approximate surface area is 126 Å². The second-order valence-electron chi connectivity index (χ2n) is 5.33. The third-order valence-electron chi connectivity index (χ3n) is 3.54. The summed E-state index contributed by atoms with van der Waals surface area (Å²) in [5.41, 5.74) is 5.27. The van der Waals surface area contributed by atoms with E-state index in [0.29, 0.717) is 0 Å².